The van der Waals surface area contributed by atoms with Crippen molar-refractivity contribution < 1.29 is 4.79 Å². The number of piperazine rings is 1. The van der Waals surface area contributed by atoms with Gasteiger partial charge < -0.3 is 9.80 Å². The Kier molecular flexibility index (Phi) is 4.93. The van der Waals surface area contributed by atoms with Crippen molar-refractivity contribution in [1.29, 1.82) is 0 Å². The molecule has 0 bridgehead atoms. The van der Waals surface area contributed by atoms with E-state index < -0.39 is 0 Å². The number of nitrogens with zero attached hydrogens (tertiary/aromatic N) is 3. The van der Waals surface area contributed by atoms with E-state index in [1.165, 1.54) is 0 Å². The smallest absolute Gasteiger partial charge is 0.253 e. The van der Waals surface area contributed by atoms with E-state index >= 15 is 0 Å². The van der Waals surface area contributed by atoms with Crippen LogP contribution in [0.2, 0.25) is 0 Å². The molecule has 1 amide bonds. The Morgan fingerprint density at radius 2 is 1.74 bits per heavy atom. The van der Waals surface area contributed by atoms with Crippen LogP contribution in [0, 0.1) is 0 Å². The third kappa shape index (κ3) is 4.04. The van der Waals surface area contributed by atoms with Gasteiger partial charge in [0.15, 0.2) is 0 Å². The van der Waals surface area contributed by atoms with Crippen LogP contribution in [-0.4, -0.2) is 74.0 Å². The third-order valence-electron chi connectivity index (χ3n) is 3.54. The van der Waals surface area contributed by atoms with Crippen molar-refractivity contribution in [2.45, 2.75) is 0 Å². The molecule has 1 aromatic rings. The molecule has 0 aromatic heterocycles. The molecule has 0 spiro atoms. The Morgan fingerprint density at radius 1 is 1.11 bits per heavy atom. The molecule has 4 heteroatoms. The van der Waals surface area contributed by atoms with Gasteiger partial charge in [-0.3, -0.25) is 9.69 Å². The fraction of sp³-hybridized carbons (Fsp3) is 0.533. The zero-order valence-corrected chi connectivity index (χ0v) is 11.9. The summed E-state index contributed by atoms with van der Waals surface area (Å²) in [4.78, 5) is 18.9. The second-order valence-corrected chi connectivity index (χ2v) is 5.30. The summed E-state index contributed by atoms with van der Waals surface area (Å²) in [6.07, 6.45) is 0. The molecule has 2 rings (SSSR count). The van der Waals surface area contributed by atoms with E-state index in [-0.39, 0.29) is 5.91 Å². The standard InChI is InChI=1S/C15H23N3O/c1-16(2)8-9-17-10-12-18(13-11-17)15(19)14-6-4-3-5-7-14/h3-7H,8-13H2,1-2H3. The van der Waals surface area contributed by atoms with E-state index in [0.717, 1.165) is 44.8 Å². The fourth-order valence-corrected chi connectivity index (χ4v) is 2.28. The first-order valence-electron chi connectivity index (χ1n) is 6.88. The Morgan fingerprint density at radius 3 is 2.32 bits per heavy atom. The second kappa shape index (κ2) is 6.68. The molecule has 0 N–H and O–H groups in total. The minimum absolute atomic E-state index is 0.160. The van der Waals surface area contributed by atoms with Gasteiger partial charge in [-0.15, -0.1) is 0 Å². The molecule has 1 aromatic carbocycles. The van der Waals surface area contributed by atoms with Crippen molar-refractivity contribution in [2.24, 2.45) is 0 Å². The van der Waals surface area contributed by atoms with E-state index in [1.54, 1.807) is 0 Å². The van der Waals surface area contributed by atoms with Crippen molar-refractivity contribution in [3.05, 3.63) is 35.9 Å². The lowest BCUT2D eigenvalue weighted by Crippen LogP contribution is -2.49. The lowest BCUT2D eigenvalue weighted by Gasteiger charge is -2.35. The summed E-state index contributed by atoms with van der Waals surface area (Å²) >= 11 is 0. The molecule has 1 saturated heterocycles. The third-order valence-corrected chi connectivity index (χ3v) is 3.54. The number of carbonyl (C=O) groups is 1. The zero-order valence-electron chi connectivity index (χ0n) is 11.9. The number of carbonyl (C=O) groups excluding carboxylic acids is 1. The Hall–Kier alpha value is -1.39. The van der Waals surface area contributed by atoms with Crippen LogP contribution in [0.1, 0.15) is 10.4 Å². The minimum Gasteiger partial charge on any atom is -0.336 e. The van der Waals surface area contributed by atoms with Crippen LogP contribution in [0.25, 0.3) is 0 Å². The maximum atomic E-state index is 12.3. The molecule has 19 heavy (non-hydrogen) atoms. The van der Waals surface area contributed by atoms with Crippen molar-refractivity contribution >= 4 is 5.91 Å². The molecule has 0 radical (unpaired) electrons. The van der Waals surface area contributed by atoms with E-state index in [1.807, 2.05) is 35.2 Å². The first-order valence-corrected chi connectivity index (χ1v) is 6.88. The van der Waals surface area contributed by atoms with E-state index in [9.17, 15) is 4.79 Å². The van der Waals surface area contributed by atoms with Crippen molar-refractivity contribution in [3.63, 3.8) is 0 Å². The second-order valence-electron chi connectivity index (χ2n) is 5.30. The van der Waals surface area contributed by atoms with Gasteiger partial charge in [-0.2, -0.15) is 0 Å². The summed E-state index contributed by atoms with van der Waals surface area (Å²) in [7, 11) is 4.18. The highest BCUT2D eigenvalue weighted by molar-refractivity contribution is 5.94. The van der Waals surface area contributed by atoms with Crippen LogP contribution in [0.3, 0.4) is 0 Å². The van der Waals surface area contributed by atoms with Gasteiger partial charge in [0, 0.05) is 44.8 Å². The average molecular weight is 261 g/mol. The predicted molar refractivity (Wildman–Crippen MR) is 77.3 cm³/mol. The molecule has 1 aliphatic rings. The molecule has 104 valence electrons. The summed E-state index contributed by atoms with van der Waals surface area (Å²) < 4.78 is 0. The molecular weight excluding hydrogens is 238 g/mol. The lowest BCUT2D eigenvalue weighted by atomic mass is 10.2. The van der Waals surface area contributed by atoms with Crippen molar-refractivity contribution in [1.82, 2.24) is 14.7 Å². The molecule has 0 atom stereocenters. The van der Waals surface area contributed by atoms with E-state index in [2.05, 4.69) is 23.9 Å². The number of rotatable bonds is 4. The molecular formula is C15H23N3O. The summed E-state index contributed by atoms with van der Waals surface area (Å²) in [6, 6.07) is 9.55. The molecule has 1 fully saturated rings. The summed E-state index contributed by atoms with van der Waals surface area (Å²) in [5.74, 6) is 0.160. The number of amides is 1. The monoisotopic (exact) mass is 261 g/mol. The molecule has 1 aliphatic heterocycles. The van der Waals surface area contributed by atoms with Gasteiger partial charge in [-0.1, -0.05) is 18.2 Å². The molecule has 4 nitrogen and oxygen atoms in total. The van der Waals surface area contributed by atoms with Crippen LogP contribution in [0.4, 0.5) is 0 Å². The van der Waals surface area contributed by atoms with Crippen LogP contribution in [-0.2, 0) is 0 Å². The van der Waals surface area contributed by atoms with Crippen LogP contribution >= 0.6 is 0 Å². The number of hydrogen-bond donors (Lipinski definition) is 0. The van der Waals surface area contributed by atoms with E-state index in [4.69, 9.17) is 0 Å². The van der Waals surface area contributed by atoms with Crippen LogP contribution < -0.4 is 0 Å². The van der Waals surface area contributed by atoms with Gasteiger partial charge in [0.1, 0.15) is 0 Å². The highest BCUT2D eigenvalue weighted by Crippen LogP contribution is 2.08. The average Bonchev–Trinajstić information content (AvgIpc) is 2.46. The Labute approximate surface area is 115 Å². The van der Waals surface area contributed by atoms with Gasteiger partial charge in [0.2, 0.25) is 0 Å². The quantitative estimate of drug-likeness (QED) is 0.809. The van der Waals surface area contributed by atoms with Gasteiger partial charge >= 0.3 is 0 Å². The first kappa shape index (κ1) is 14.0. The lowest BCUT2D eigenvalue weighted by molar-refractivity contribution is 0.0630. The zero-order chi connectivity index (χ0) is 13.7. The van der Waals surface area contributed by atoms with Gasteiger partial charge in [-0.25, -0.2) is 0 Å². The molecule has 1 heterocycles. The topological polar surface area (TPSA) is 26.8 Å². The van der Waals surface area contributed by atoms with E-state index in [0.29, 0.717) is 0 Å². The fourth-order valence-electron chi connectivity index (χ4n) is 2.28. The predicted octanol–water partition coefficient (Wildman–Crippen LogP) is 1.01. The number of likely N-dealkylation sites (N-methyl/N-ethyl adjacent to an activating group) is 1. The largest absolute Gasteiger partial charge is 0.336 e. The molecule has 0 aliphatic carbocycles. The highest BCUT2D eigenvalue weighted by Gasteiger charge is 2.21. The van der Waals surface area contributed by atoms with Gasteiger partial charge in [-0.05, 0) is 26.2 Å². The van der Waals surface area contributed by atoms with Gasteiger partial charge in [0.05, 0.1) is 0 Å². The maximum Gasteiger partial charge on any atom is 0.253 e. The highest BCUT2D eigenvalue weighted by atomic mass is 16.2. The summed E-state index contributed by atoms with van der Waals surface area (Å²) in [5, 5.41) is 0. The molecule has 0 unspecified atom stereocenters. The number of hydrogen-bond acceptors (Lipinski definition) is 3. The maximum absolute atomic E-state index is 12.3. The Bertz CT molecular complexity index is 397. The van der Waals surface area contributed by atoms with Crippen molar-refractivity contribution in [2.75, 3.05) is 53.4 Å². The first-order chi connectivity index (χ1) is 9.16. The SMILES string of the molecule is CN(C)CCN1CCN(C(=O)c2ccccc2)CC1. The van der Waals surface area contributed by atoms with Gasteiger partial charge in [0.25, 0.3) is 5.91 Å². The Balaban J connectivity index is 1.81. The van der Waals surface area contributed by atoms with Crippen molar-refractivity contribution in [3.8, 4) is 0 Å². The number of benzene rings is 1. The normalized spacial score (nSPS) is 16.9. The summed E-state index contributed by atoms with van der Waals surface area (Å²) in [5.41, 5.74) is 0.796. The molecule has 0 saturated carbocycles. The minimum atomic E-state index is 0.160. The van der Waals surface area contributed by atoms with Crippen LogP contribution in [0.5, 0.6) is 0 Å². The summed E-state index contributed by atoms with van der Waals surface area (Å²) in [6.45, 7) is 5.79. The van der Waals surface area contributed by atoms with Crippen LogP contribution in [0.15, 0.2) is 30.3 Å².